The second kappa shape index (κ2) is 8.61. The van der Waals surface area contributed by atoms with Crippen LogP contribution in [0, 0.1) is 0 Å². The van der Waals surface area contributed by atoms with Gasteiger partial charge < -0.3 is 15.8 Å². The summed E-state index contributed by atoms with van der Waals surface area (Å²) in [5.41, 5.74) is 6.38. The van der Waals surface area contributed by atoms with E-state index in [2.05, 4.69) is 5.32 Å². The molecule has 0 saturated carbocycles. The number of carbonyl (C=O) groups is 1. The van der Waals surface area contributed by atoms with E-state index in [1.807, 2.05) is 6.92 Å². The molecule has 1 aromatic carbocycles. The van der Waals surface area contributed by atoms with Crippen LogP contribution in [0.25, 0.3) is 0 Å². The van der Waals surface area contributed by atoms with E-state index in [-0.39, 0.29) is 31.0 Å². The highest BCUT2D eigenvalue weighted by Gasteiger charge is 2.18. The van der Waals surface area contributed by atoms with Crippen molar-refractivity contribution in [3.05, 3.63) is 33.8 Å². The number of amides is 1. The molecule has 2 unspecified atom stereocenters. The van der Waals surface area contributed by atoms with E-state index in [0.717, 1.165) is 5.56 Å². The van der Waals surface area contributed by atoms with Crippen molar-refractivity contribution in [2.24, 2.45) is 5.73 Å². The average molecular weight is 328 g/mol. The van der Waals surface area contributed by atoms with Gasteiger partial charge in [0.1, 0.15) is 6.04 Å². The van der Waals surface area contributed by atoms with Crippen molar-refractivity contribution in [1.82, 2.24) is 5.32 Å². The van der Waals surface area contributed by atoms with Gasteiger partial charge in [-0.1, -0.05) is 35.3 Å². The summed E-state index contributed by atoms with van der Waals surface area (Å²) in [6.45, 7) is 1.98. The summed E-state index contributed by atoms with van der Waals surface area (Å²) >= 11 is 12.0. The van der Waals surface area contributed by atoms with Gasteiger partial charge in [0.2, 0.25) is 5.91 Å². The van der Waals surface area contributed by atoms with E-state index in [0.29, 0.717) is 10.0 Å². The first-order chi connectivity index (χ1) is 8.47. The van der Waals surface area contributed by atoms with Crippen molar-refractivity contribution >= 4 is 41.5 Å². The molecule has 0 bridgehead atoms. The first kappa shape index (κ1) is 18.5. The Balaban J connectivity index is 0.00000324. The summed E-state index contributed by atoms with van der Waals surface area (Å²) in [6, 6.07) is 4.31. The van der Waals surface area contributed by atoms with Gasteiger partial charge >= 0.3 is 0 Å². The monoisotopic (exact) mass is 326 g/mol. The minimum Gasteiger partial charge on any atom is -0.383 e. The molecule has 2 atom stereocenters. The molecule has 0 aliphatic carbocycles. The van der Waals surface area contributed by atoms with Gasteiger partial charge in [0.25, 0.3) is 0 Å². The number of hydrogen-bond acceptors (Lipinski definition) is 3. The number of rotatable bonds is 5. The van der Waals surface area contributed by atoms with Crippen molar-refractivity contribution in [2.45, 2.75) is 19.0 Å². The van der Waals surface area contributed by atoms with E-state index in [4.69, 9.17) is 33.7 Å². The largest absolute Gasteiger partial charge is 0.383 e. The molecule has 4 nitrogen and oxygen atoms in total. The topological polar surface area (TPSA) is 64.3 Å². The fraction of sp³-hybridized carbons (Fsp3) is 0.417. The molecule has 1 rings (SSSR count). The Morgan fingerprint density at radius 2 is 2.11 bits per heavy atom. The summed E-state index contributed by atoms with van der Waals surface area (Å²) in [5, 5.41) is 3.65. The molecule has 0 aliphatic rings. The van der Waals surface area contributed by atoms with Crippen LogP contribution in [0.1, 0.15) is 18.5 Å². The fourth-order valence-corrected chi connectivity index (χ4v) is 1.98. The second-order valence-electron chi connectivity index (χ2n) is 3.94. The summed E-state index contributed by atoms with van der Waals surface area (Å²) < 4.78 is 4.82. The number of halogens is 3. The maximum atomic E-state index is 11.7. The van der Waals surface area contributed by atoms with Crippen LogP contribution in [0.5, 0.6) is 0 Å². The molecule has 7 heteroatoms. The molecule has 3 N–H and O–H groups in total. The maximum absolute atomic E-state index is 11.7. The average Bonchev–Trinajstić information content (AvgIpc) is 2.32. The number of nitrogens with one attached hydrogen (secondary N) is 1. The van der Waals surface area contributed by atoms with E-state index in [1.54, 1.807) is 18.2 Å². The minimum atomic E-state index is -0.699. The van der Waals surface area contributed by atoms with Gasteiger partial charge in [-0.15, -0.1) is 12.4 Å². The fourth-order valence-electron chi connectivity index (χ4n) is 1.51. The van der Waals surface area contributed by atoms with Crippen LogP contribution in [0.2, 0.25) is 10.0 Å². The Hall–Kier alpha value is -0.520. The van der Waals surface area contributed by atoms with E-state index >= 15 is 0 Å². The number of carbonyl (C=O) groups excluding carboxylic acids is 1. The molecule has 0 aliphatic heterocycles. The molecule has 0 saturated heterocycles. The van der Waals surface area contributed by atoms with Gasteiger partial charge in [-0.2, -0.15) is 0 Å². The Labute approximate surface area is 129 Å². The Bertz CT molecular complexity index is 429. The SMILES string of the molecule is COCC(N)C(=O)NC(C)c1cccc(Cl)c1Cl.Cl. The normalized spacial score (nSPS) is 13.3. The van der Waals surface area contributed by atoms with Gasteiger partial charge in [0.05, 0.1) is 22.7 Å². The van der Waals surface area contributed by atoms with E-state index in [1.165, 1.54) is 7.11 Å². The quantitative estimate of drug-likeness (QED) is 0.873. The number of nitrogens with two attached hydrogens (primary N) is 1. The van der Waals surface area contributed by atoms with Gasteiger partial charge in [-0.05, 0) is 18.6 Å². The predicted molar refractivity (Wildman–Crippen MR) is 80.1 cm³/mol. The smallest absolute Gasteiger partial charge is 0.239 e. The molecule has 0 spiro atoms. The van der Waals surface area contributed by atoms with Gasteiger partial charge in [0, 0.05) is 7.11 Å². The Kier molecular flexibility index (Phi) is 8.38. The molecular formula is C12H17Cl3N2O2. The zero-order chi connectivity index (χ0) is 13.7. The van der Waals surface area contributed by atoms with Crippen LogP contribution < -0.4 is 11.1 Å². The van der Waals surface area contributed by atoms with Crippen molar-refractivity contribution in [2.75, 3.05) is 13.7 Å². The van der Waals surface area contributed by atoms with Crippen LogP contribution in [0.4, 0.5) is 0 Å². The van der Waals surface area contributed by atoms with Crippen molar-refractivity contribution in [3.8, 4) is 0 Å². The van der Waals surface area contributed by atoms with Crippen LogP contribution >= 0.6 is 35.6 Å². The third-order valence-electron chi connectivity index (χ3n) is 2.49. The summed E-state index contributed by atoms with van der Waals surface area (Å²) in [5.74, 6) is -0.291. The number of benzene rings is 1. The molecule has 1 amide bonds. The Morgan fingerprint density at radius 3 is 2.68 bits per heavy atom. The zero-order valence-electron chi connectivity index (χ0n) is 10.7. The van der Waals surface area contributed by atoms with E-state index in [9.17, 15) is 4.79 Å². The molecule has 19 heavy (non-hydrogen) atoms. The highest BCUT2D eigenvalue weighted by atomic mass is 35.5. The van der Waals surface area contributed by atoms with Gasteiger partial charge in [0.15, 0.2) is 0 Å². The predicted octanol–water partition coefficient (Wildman–Crippen LogP) is 2.57. The Morgan fingerprint density at radius 1 is 1.47 bits per heavy atom. The summed E-state index contributed by atoms with van der Waals surface area (Å²) in [4.78, 5) is 11.7. The highest BCUT2D eigenvalue weighted by molar-refractivity contribution is 6.42. The summed E-state index contributed by atoms with van der Waals surface area (Å²) in [6.07, 6.45) is 0. The lowest BCUT2D eigenvalue weighted by atomic mass is 10.1. The number of methoxy groups -OCH3 is 1. The molecule has 1 aromatic rings. The van der Waals surface area contributed by atoms with Crippen molar-refractivity contribution in [1.29, 1.82) is 0 Å². The third kappa shape index (κ3) is 5.16. The molecule has 0 fully saturated rings. The lowest BCUT2D eigenvalue weighted by molar-refractivity contribution is -0.124. The standard InChI is InChI=1S/C12H16Cl2N2O2.ClH/c1-7(16-12(17)10(15)6-18-2)8-4-3-5-9(13)11(8)14;/h3-5,7,10H,6,15H2,1-2H3,(H,16,17);1H. The van der Waals surface area contributed by atoms with Crippen LogP contribution in [0.15, 0.2) is 18.2 Å². The van der Waals surface area contributed by atoms with Crippen molar-refractivity contribution in [3.63, 3.8) is 0 Å². The molecule has 0 aromatic heterocycles. The van der Waals surface area contributed by atoms with E-state index < -0.39 is 6.04 Å². The third-order valence-corrected chi connectivity index (χ3v) is 3.32. The van der Waals surface area contributed by atoms with Crippen LogP contribution in [0.3, 0.4) is 0 Å². The first-order valence-corrected chi connectivity index (χ1v) is 6.21. The molecule has 0 heterocycles. The molecule has 0 radical (unpaired) electrons. The first-order valence-electron chi connectivity index (χ1n) is 5.46. The number of ether oxygens (including phenoxy) is 1. The number of hydrogen-bond donors (Lipinski definition) is 2. The highest BCUT2D eigenvalue weighted by Crippen LogP contribution is 2.29. The van der Waals surface area contributed by atoms with Crippen molar-refractivity contribution < 1.29 is 9.53 Å². The van der Waals surface area contributed by atoms with Gasteiger partial charge in [-0.3, -0.25) is 4.79 Å². The van der Waals surface area contributed by atoms with Crippen LogP contribution in [-0.4, -0.2) is 25.7 Å². The molecule has 108 valence electrons. The summed E-state index contributed by atoms with van der Waals surface area (Å²) in [7, 11) is 1.49. The maximum Gasteiger partial charge on any atom is 0.239 e. The zero-order valence-corrected chi connectivity index (χ0v) is 13.0. The van der Waals surface area contributed by atoms with Crippen LogP contribution in [-0.2, 0) is 9.53 Å². The van der Waals surface area contributed by atoms with Gasteiger partial charge in [-0.25, -0.2) is 0 Å². The lowest BCUT2D eigenvalue weighted by Gasteiger charge is -2.18. The second-order valence-corrected chi connectivity index (χ2v) is 4.72. The molecular weight excluding hydrogens is 311 g/mol. The lowest BCUT2D eigenvalue weighted by Crippen LogP contribution is -2.44. The minimum absolute atomic E-state index is 0.